The molecule has 118 valence electrons. The van der Waals surface area contributed by atoms with Gasteiger partial charge in [0, 0.05) is 24.5 Å². The number of aromatic nitrogens is 2. The number of thiophene rings is 1. The number of carbonyl (C=O) groups is 1. The van der Waals surface area contributed by atoms with Gasteiger partial charge in [0.05, 0.1) is 10.6 Å². The third-order valence-corrected chi connectivity index (χ3v) is 5.13. The Kier molecular flexibility index (Phi) is 5.78. The molecule has 0 saturated carbocycles. The Bertz CT molecular complexity index is 596. The standard InChI is InChI=1S/C14H22N4OS.ClH/c1-5-14(15,6-2)8-16-12(19)11-7-10-9(3)17-18(4)13(10)20-11;/h7H,5-6,8,15H2,1-4H3,(H,16,19);1H. The smallest absolute Gasteiger partial charge is 0.261 e. The van der Waals surface area contributed by atoms with E-state index in [9.17, 15) is 4.79 Å². The highest BCUT2D eigenvalue weighted by Gasteiger charge is 2.22. The zero-order valence-electron chi connectivity index (χ0n) is 12.9. The molecule has 0 spiro atoms. The van der Waals surface area contributed by atoms with Crippen LogP contribution in [0.2, 0.25) is 0 Å². The van der Waals surface area contributed by atoms with Crippen molar-refractivity contribution in [3.8, 4) is 0 Å². The van der Waals surface area contributed by atoms with Crippen molar-refractivity contribution in [2.75, 3.05) is 6.54 Å². The van der Waals surface area contributed by atoms with E-state index in [-0.39, 0.29) is 23.9 Å². The summed E-state index contributed by atoms with van der Waals surface area (Å²) in [5, 5.41) is 8.33. The average molecular weight is 331 g/mol. The molecule has 21 heavy (non-hydrogen) atoms. The van der Waals surface area contributed by atoms with E-state index < -0.39 is 0 Å². The second-order valence-corrected chi connectivity index (χ2v) is 6.32. The number of aryl methyl sites for hydroxylation is 2. The Balaban J connectivity index is 0.00000220. The lowest BCUT2D eigenvalue weighted by Gasteiger charge is -2.26. The Morgan fingerprint density at radius 1 is 1.48 bits per heavy atom. The molecular formula is C14H23ClN4OS. The van der Waals surface area contributed by atoms with E-state index >= 15 is 0 Å². The zero-order valence-corrected chi connectivity index (χ0v) is 14.5. The van der Waals surface area contributed by atoms with E-state index in [0.29, 0.717) is 11.4 Å². The van der Waals surface area contributed by atoms with E-state index in [2.05, 4.69) is 10.4 Å². The molecule has 2 heterocycles. The van der Waals surface area contributed by atoms with Crippen molar-refractivity contribution in [3.63, 3.8) is 0 Å². The SMILES string of the molecule is CCC(N)(CC)CNC(=O)c1cc2c(C)nn(C)c2s1.Cl. The molecule has 0 aliphatic carbocycles. The van der Waals surface area contributed by atoms with E-state index in [4.69, 9.17) is 5.73 Å². The monoisotopic (exact) mass is 330 g/mol. The highest BCUT2D eigenvalue weighted by molar-refractivity contribution is 7.20. The van der Waals surface area contributed by atoms with Crippen LogP contribution in [0.15, 0.2) is 6.07 Å². The minimum atomic E-state index is -0.316. The number of carbonyl (C=O) groups excluding carboxylic acids is 1. The molecule has 1 amide bonds. The number of hydrogen-bond acceptors (Lipinski definition) is 4. The first kappa shape index (κ1) is 17.9. The first-order chi connectivity index (χ1) is 9.40. The molecule has 2 rings (SSSR count). The van der Waals surface area contributed by atoms with E-state index in [1.165, 1.54) is 11.3 Å². The van der Waals surface area contributed by atoms with E-state index in [0.717, 1.165) is 28.8 Å². The number of hydrogen-bond donors (Lipinski definition) is 2. The molecule has 0 radical (unpaired) electrons. The van der Waals surface area contributed by atoms with Crippen LogP contribution in [0, 0.1) is 6.92 Å². The second-order valence-electron chi connectivity index (χ2n) is 5.29. The van der Waals surface area contributed by atoms with Gasteiger partial charge in [-0.2, -0.15) is 5.10 Å². The minimum Gasteiger partial charge on any atom is -0.349 e. The van der Waals surface area contributed by atoms with Crippen LogP contribution in [0.3, 0.4) is 0 Å². The third kappa shape index (κ3) is 3.56. The number of rotatable bonds is 5. The number of amides is 1. The predicted molar refractivity (Wildman–Crippen MR) is 90.4 cm³/mol. The quantitative estimate of drug-likeness (QED) is 0.885. The van der Waals surface area contributed by atoms with Crippen LogP contribution in [-0.2, 0) is 7.05 Å². The van der Waals surface area contributed by atoms with Gasteiger partial charge in [-0.15, -0.1) is 23.7 Å². The fourth-order valence-electron chi connectivity index (χ4n) is 2.16. The largest absolute Gasteiger partial charge is 0.349 e. The summed E-state index contributed by atoms with van der Waals surface area (Å²) < 4.78 is 1.82. The fourth-order valence-corrected chi connectivity index (χ4v) is 3.20. The van der Waals surface area contributed by atoms with Gasteiger partial charge in [-0.05, 0) is 25.8 Å². The Morgan fingerprint density at radius 2 is 2.10 bits per heavy atom. The van der Waals surface area contributed by atoms with Crippen molar-refractivity contribution in [3.05, 3.63) is 16.6 Å². The molecule has 2 aromatic heterocycles. The molecule has 3 N–H and O–H groups in total. The van der Waals surface area contributed by atoms with Gasteiger partial charge in [0.15, 0.2) is 0 Å². The van der Waals surface area contributed by atoms with Crippen LogP contribution >= 0.6 is 23.7 Å². The van der Waals surface area contributed by atoms with Gasteiger partial charge in [-0.3, -0.25) is 9.48 Å². The maximum Gasteiger partial charge on any atom is 0.261 e. The maximum atomic E-state index is 12.2. The van der Waals surface area contributed by atoms with Crippen molar-refractivity contribution >= 4 is 39.9 Å². The van der Waals surface area contributed by atoms with E-state index in [1.54, 1.807) is 0 Å². The molecule has 2 aromatic rings. The molecular weight excluding hydrogens is 308 g/mol. The molecule has 0 aliphatic heterocycles. The van der Waals surface area contributed by atoms with Crippen LogP contribution in [0.4, 0.5) is 0 Å². The number of nitrogens with two attached hydrogens (primary N) is 1. The number of fused-ring (bicyclic) bond motifs is 1. The molecule has 0 bridgehead atoms. The highest BCUT2D eigenvalue weighted by atomic mass is 35.5. The molecule has 0 aliphatic rings. The van der Waals surface area contributed by atoms with Crippen LogP contribution in [-0.4, -0.2) is 27.8 Å². The second kappa shape index (κ2) is 6.77. The summed E-state index contributed by atoms with van der Waals surface area (Å²) in [7, 11) is 1.90. The van der Waals surface area contributed by atoms with Gasteiger partial charge in [0.25, 0.3) is 5.91 Å². The number of nitrogens with zero attached hydrogens (tertiary/aromatic N) is 2. The van der Waals surface area contributed by atoms with Gasteiger partial charge < -0.3 is 11.1 Å². The van der Waals surface area contributed by atoms with Gasteiger partial charge in [0.1, 0.15) is 4.83 Å². The normalized spacial score (nSPS) is 11.5. The average Bonchev–Trinajstić information content (AvgIpc) is 2.98. The molecule has 7 heteroatoms. The number of nitrogens with one attached hydrogen (secondary N) is 1. The first-order valence-corrected chi connectivity index (χ1v) is 7.72. The Morgan fingerprint density at radius 3 is 2.62 bits per heavy atom. The first-order valence-electron chi connectivity index (χ1n) is 6.90. The molecule has 0 unspecified atom stereocenters. The van der Waals surface area contributed by atoms with Crippen molar-refractivity contribution in [1.29, 1.82) is 0 Å². The molecule has 0 fully saturated rings. The van der Waals surface area contributed by atoms with Gasteiger partial charge in [-0.25, -0.2) is 0 Å². The fraction of sp³-hybridized carbons (Fsp3) is 0.571. The van der Waals surface area contributed by atoms with Crippen LogP contribution in [0.5, 0.6) is 0 Å². The third-order valence-electron chi connectivity index (χ3n) is 3.93. The topological polar surface area (TPSA) is 72.9 Å². The van der Waals surface area contributed by atoms with Crippen LogP contribution in [0.25, 0.3) is 10.2 Å². The summed E-state index contributed by atoms with van der Waals surface area (Å²) in [6.45, 7) is 6.55. The predicted octanol–water partition coefficient (Wildman–Crippen LogP) is 2.61. The summed E-state index contributed by atoms with van der Waals surface area (Å²) in [5.41, 5.74) is 6.84. The summed E-state index contributed by atoms with van der Waals surface area (Å²) in [4.78, 5) is 14.0. The van der Waals surface area contributed by atoms with Crippen molar-refractivity contribution in [2.24, 2.45) is 12.8 Å². The Labute approximate surface area is 135 Å². The lowest BCUT2D eigenvalue weighted by atomic mass is 9.94. The maximum absolute atomic E-state index is 12.2. The molecule has 0 saturated heterocycles. The van der Waals surface area contributed by atoms with Crippen LogP contribution in [0.1, 0.15) is 42.1 Å². The zero-order chi connectivity index (χ0) is 14.9. The van der Waals surface area contributed by atoms with Crippen molar-refractivity contribution in [2.45, 2.75) is 39.2 Å². The number of halogens is 1. The van der Waals surface area contributed by atoms with Crippen molar-refractivity contribution < 1.29 is 4.79 Å². The molecule has 0 aromatic carbocycles. The van der Waals surface area contributed by atoms with Gasteiger partial charge in [-0.1, -0.05) is 13.8 Å². The Hall–Kier alpha value is -1.11. The lowest BCUT2D eigenvalue weighted by Crippen LogP contribution is -2.49. The summed E-state index contributed by atoms with van der Waals surface area (Å²) in [6, 6.07) is 1.91. The minimum absolute atomic E-state index is 0. The summed E-state index contributed by atoms with van der Waals surface area (Å²) in [6.07, 6.45) is 1.69. The van der Waals surface area contributed by atoms with Gasteiger partial charge >= 0.3 is 0 Å². The van der Waals surface area contributed by atoms with Gasteiger partial charge in [0.2, 0.25) is 0 Å². The summed E-state index contributed by atoms with van der Waals surface area (Å²) >= 11 is 1.47. The lowest BCUT2D eigenvalue weighted by molar-refractivity contribution is 0.0946. The van der Waals surface area contributed by atoms with Crippen molar-refractivity contribution in [1.82, 2.24) is 15.1 Å². The van der Waals surface area contributed by atoms with Crippen LogP contribution < -0.4 is 11.1 Å². The molecule has 0 atom stereocenters. The molecule has 5 nitrogen and oxygen atoms in total. The highest BCUT2D eigenvalue weighted by Crippen LogP contribution is 2.27. The van der Waals surface area contributed by atoms with E-state index in [1.807, 2.05) is 38.6 Å². The summed E-state index contributed by atoms with van der Waals surface area (Å²) in [5.74, 6) is -0.0534.